The zero-order valence-corrected chi connectivity index (χ0v) is 14.8. The molecule has 0 saturated heterocycles. The van der Waals surface area contributed by atoms with E-state index in [0.717, 1.165) is 27.6 Å². The molecule has 0 N–H and O–H groups in total. The molecule has 132 valence electrons. The monoisotopic (exact) mass is 348 g/mol. The molecule has 4 heteroatoms. The molecular formula is C22H20O4. The first-order valence-corrected chi connectivity index (χ1v) is 8.25. The summed E-state index contributed by atoms with van der Waals surface area (Å²) in [5.74, 6) is 0.426. The van der Waals surface area contributed by atoms with E-state index in [0.29, 0.717) is 6.61 Å². The fourth-order valence-electron chi connectivity index (χ4n) is 2.72. The zero-order valence-electron chi connectivity index (χ0n) is 14.8. The molecule has 0 atom stereocenters. The van der Waals surface area contributed by atoms with Crippen molar-refractivity contribution in [3.8, 4) is 5.75 Å². The average Bonchev–Trinajstić information content (AvgIpc) is 2.71. The number of carbonyl (C=O) groups excluding carboxylic acids is 1. The molecule has 0 saturated carbocycles. The molecule has 0 aliphatic rings. The Labute approximate surface area is 152 Å². The van der Waals surface area contributed by atoms with Crippen LogP contribution >= 0.6 is 0 Å². The van der Waals surface area contributed by atoms with E-state index < -0.39 is 5.97 Å². The van der Waals surface area contributed by atoms with E-state index in [9.17, 15) is 4.79 Å². The topological polar surface area (TPSA) is 44.8 Å². The van der Waals surface area contributed by atoms with Crippen LogP contribution in [0, 0.1) is 0 Å². The number of fused-ring (bicyclic) bond motifs is 1. The standard InChI is InChI=1S/C22H20O4/c1-24-21(22(23)25-2)14-17-12-13-20(19-11-7-6-10-18(17)19)26-15-16-8-4-3-5-9-16/h3-14H,15H2,1-2H3/b21-14-. The summed E-state index contributed by atoms with van der Waals surface area (Å²) in [5, 5.41) is 1.94. The number of benzene rings is 3. The van der Waals surface area contributed by atoms with Gasteiger partial charge in [0.15, 0.2) is 0 Å². The van der Waals surface area contributed by atoms with E-state index in [-0.39, 0.29) is 5.76 Å². The minimum Gasteiger partial charge on any atom is -0.490 e. The first-order chi connectivity index (χ1) is 12.7. The second-order valence-corrected chi connectivity index (χ2v) is 5.68. The lowest BCUT2D eigenvalue weighted by Gasteiger charge is -2.12. The number of carbonyl (C=O) groups is 1. The molecule has 0 bridgehead atoms. The number of rotatable bonds is 6. The van der Waals surface area contributed by atoms with E-state index in [2.05, 4.69) is 0 Å². The largest absolute Gasteiger partial charge is 0.490 e. The highest BCUT2D eigenvalue weighted by atomic mass is 16.6. The predicted octanol–water partition coefficient (Wildman–Crippen LogP) is 4.58. The Kier molecular flexibility index (Phi) is 5.54. The van der Waals surface area contributed by atoms with Crippen LogP contribution in [0.5, 0.6) is 5.75 Å². The van der Waals surface area contributed by atoms with Gasteiger partial charge in [-0.25, -0.2) is 4.79 Å². The van der Waals surface area contributed by atoms with Gasteiger partial charge >= 0.3 is 5.97 Å². The van der Waals surface area contributed by atoms with Crippen molar-refractivity contribution in [1.82, 2.24) is 0 Å². The van der Waals surface area contributed by atoms with Crippen LogP contribution in [0.4, 0.5) is 0 Å². The van der Waals surface area contributed by atoms with Crippen molar-refractivity contribution in [2.24, 2.45) is 0 Å². The van der Waals surface area contributed by atoms with Crippen LogP contribution in [0.15, 0.2) is 72.5 Å². The number of ether oxygens (including phenoxy) is 3. The molecule has 3 aromatic rings. The summed E-state index contributed by atoms with van der Waals surface area (Å²) in [4.78, 5) is 11.8. The Balaban J connectivity index is 1.96. The van der Waals surface area contributed by atoms with E-state index in [1.54, 1.807) is 6.08 Å². The van der Waals surface area contributed by atoms with E-state index in [4.69, 9.17) is 14.2 Å². The minimum atomic E-state index is -0.513. The van der Waals surface area contributed by atoms with Crippen LogP contribution in [0.1, 0.15) is 11.1 Å². The number of esters is 1. The van der Waals surface area contributed by atoms with Crippen molar-refractivity contribution in [1.29, 1.82) is 0 Å². The average molecular weight is 348 g/mol. The van der Waals surface area contributed by atoms with Gasteiger partial charge in [-0.2, -0.15) is 0 Å². The van der Waals surface area contributed by atoms with Crippen molar-refractivity contribution >= 4 is 22.8 Å². The van der Waals surface area contributed by atoms with Gasteiger partial charge in [0.2, 0.25) is 5.76 Å². The van der Waals surface area contributed by atoms with Crippen LogP contribution in [0.2, 0.25) is 0 Å². The lowest BCUT2D eigenvalue weighted by atomic mass is 10.0. The first kappa shape index (κ1) is 17.5. The quantitative estimate of drug-likeness (QED) is 0.372. The molecule has 0 radical (unpaired) electrons. The maximum absolute atomic E-state index is 11.8. The number of methoxy groups -OCH3 is 2. The molecule has 0 unspecified atom stereocenters. The Morgan fingerprint density at radius 3 is 2.23 bits per heavy atom. The fraction of sp³-hybridized carbons (Fsp3) is 0.136. The Morgan fingerprint density at radius 1 is 0.846 bits per heavy atom. The van der Waals surface area contributed by atoms with Crippen LogP contribution in [-0.2, 0) is 20.9 Å². The highest BCUT2D eigenvalue weighted by Gasteiger charge is 2.12. The summed E-state index contributed by atoms with van der Waals surface area (Å²) in [6, 6.07) is 21.7. The zero-order chi connectivity index (χ0) is 18.4. The van der Waals surface area contributed by atoms with Gasteiger partial charge in [0.1, 0.15) is 12.4 Å². The lowest BCUT2D eigenvalue weighted by Crippen LogP contribution is -2.06. The molecule has 0 aliphatic heterocycles. The molecule has 0 amide bonds. The van der Waals surface area contributed by atoms with Gasteiger partial charge in [0, 0.05) is 5.39 Å². The van der Waals surface area contributed by atoms with Gasteiger partial charge in [-0.3, -0.25) is 0 Å². The van der Waals surface area contributed by atoms with Crippen molar-refractivity contribution in [3.63, 3.8) is 0 Å². The van der Waals surface area contributed by atoms with Gasteiger partial charge < -0.3 is 14.2 Å². The molecule has 26 heavy (non-hydrogen) atoms. The summed E-state index contributed by atoms with van der Waals surface area (Å²) in [6.07, 6.45) is 1.68. The maximum Gasteiger partial charge on any atom is 0.373 e. The maximum atomic E-state index is 11.8. The summed E-state index contributed by atoms with van der Waals surface area (Å²) >= 11 is 0. The molecule has 0 spiro atoms. The molecule has 4 nitrogen and oxygen atoms in total. The van der Waals surface area contributed by atoms with E-state index in [1.807, 2.05) is 66.7 Å². The summed E-state index contributed by atoms with van der Waals surface area (Å²) in [7, 11) is 2.77. The molecule has 0 aliphatic carbocycles. The van der Waals surface area contributed by atoms with Crippen LogP contribution < -0.4 is 4.74 Å². The minimum absolute atomic E-state index is 0.149. The van der Waals surface area contributed by atoms with Gasteiger partial charge in [-0.05, 0) is 28.7 Å². The Hall–Kier alpha value is -3.27. The number of hydrogen-bond donors (Lipinski definition) is 0. The van der Waals surface area contributed by atoms with E-state index in [1.165, 1.54) is 14.2 Å². The predicted molar refractivity (Wildman–Crippen MR) is 102 cm³/mol. The Morgan fingerprint density at radius 2 is 1.54 bits per heavy atom. The highest BCUT2D eigenvalue weighted by Crippen LogP contribution is 2.30. The third-order valence-electron chi connectivity index (χ3n) is 4.05. The lowest BCUT2D eigenvalue weighted by molar-refractivity contribution is -0.139. The summed E-state index contributed by atoms with van der Waals surface area (Å²) < 4.78 is 15.9. The summed E-state index contributed by atoms with van der Waals surface area (Å²) in [5.41, 5.74) is 1.96. The smallest absolute Gasteiger partial charge is 0.373 e. The van der Waals surface area contributed by atoms with Crippen molar-refractivity contribution < 1.29 is 19.0 Å². The Bertz CT molecular complexity index is 929. The molecular weight excluding hydrogens is 328 g/mol. The molecule has 3 aromatic carbocycles. The van der Waals surface area contributed by atoms with Gasteiger partial charge in [0.25, 0.3) is 0 Å². The molecule has 0 fully saturated rings. The third kappa shape index (κ3) is 3.86. The van der Waals surface area contributed by atoms with Crippen molar-refractivity contribution in [2.45, 2.75) is 6.61 Å². The number of hydrogen-bond acceptors (Lipinski definition) is 4. The van der Waals surface area contributed by atoms with Crippen molar-refractivity contribution in [2.75, 3.05) is 14.2 Å². The molecule has 0 aromatic heterocycles. The molecule has 3 rings (SSSR count). The normalized spacial score (nSPS) is 11.2. The van der Waals surface area contributed by atoms with Crippen LogP contribution in [0.25, 0.3) is 16.8 Å². The van der Waals surface area contributed by atoms with Gasteiger partial charge in [0.05, 0.1) is 14.2 Å². The SMILES string of the molecule is COC(=O)/C(=C/c1ccc(OCc2ccccc2)c2ccccc12)OC. The first-order valence-electron chi connectivity index (χ1n) is 8.25. The van der Waals surface area contributed by atoms with Crippen LogP contribution in [-0.4, -0.2) is 20.2 Å². The molecule has 0 heterocycles. The third-order valence-corrected chi connectivity index (χ3v) is 4.05. The fourth-order valence-corrected chi connectivity index (χ4v) is 2.72. The second kappa shape index (κ2) is 8.21. The second-order valence-electron chi connectivity index (χ2n) is 5.68. The van der Waals surface area contributed by atoms with E-state index >= 15 is 0 Å². The van der Waals surface area contributed by atoms with Gasteiger partial charge in [-0.15, -0.1) is 0 Å². The van der Waals surface area contributed by atoms with Crippen LogP contribution in [0.3, 0.4) is 0 Å². The van der Waals surface area contributed by atoms with Gasteiger partial charge in [-0.1, -0.05) is 60.7 Å². The van der Waals surface area contributed by atoms with Crippen molar-refractivity contribution in [3.05, 3.63) is 83.6 Å². The highest BCUT2D eigenvalue weighted by molar-refractivity contribution is 5.99. The summed E-state index contributed by atoms with van der Waals surface area (Å²) in [6.45, 7) is 0.492.